The molecule has 0 bridgehead atoms. The lowest BCUT2D eigenvalue weighted by molar-refractivity contribution is 1.01. The first-order chi connectivity index (χ1) is 3.31. The molecule has 7 heavy (non-hydrogen) atoms. The average Bonchev–Trinajstić information content (AvgIpc) is 1.68. The standard InChI is InChI=1S/C6H9S/c1-3-5-6(7)4-2/h6H,4H2,1-2H3. The van der Waals surface area contributed by atoms with Gasteiger partial charge in [-0.2, -0.15) is 0 Å². The summed E-state index contributed by atoms with van der Waals surface area (Å²) >= 11 is 4.86. The van der Waals surface area contributed by atoms with E-state index < -0.39 is 0 Å². The maximum Gasteiger partial charge on any atom is 0.0758 e. The molecule has 0 aromatic rings. The van der Waals surface area contributed by atoms with Crippen molar-refractivity contribution in [3.8, 4) is 11.8 Å². The molecule has 0 aliphatic heterocycles. The van der Waals surface area contributed by atoms with Crippen molar-refractivity contribution in [2.24, 2.45) is 0 Å². The van der Waals surface area contributed by atoms with Crippen molar-refractivity contribution in [1.82, 2.24) is 0 Å². The molecule has 0 saturated carbocycles. The molecule has 0 aliphatic rings. The fourth-order valence-corrected chi connectivity index (χ4v) is 0.381. The van der Waals surface area contributed by atoms with Crippen molar-refractivity contribution in [3.05, 3.63) is 0 Å². The number of hydrogen-bond acceptors (Lipinski definition) is 0. The highest BCUT2D eigenvalue weighted by Crippen LogP contribution is 1.95. The van der Waals surface area contributed by atoms with Crippen LogP contribution in [0.25, 0.3) is 0 Å². The lowest BCUT2D eigenvalue weighted by Gasteiger charge is -1.89. The van der Waals surface area contributed by atoms with Gasteiger partial charge < -0.3 is 0 Å². The van der Waals surface area contributed by atoms with Crippen LogP contribution in [0.15, 0.2) is 0 Å². The lowest BCUT2D eigenvalue weighted by atomic mass is 10.3. The molecule has 0 nitrogen and oxygen atoms in total. The van der Waals surface area contributed by atoms with Crippen LogP contribution in [0, 0.1) is 11.8 Å². The highest BCUT2D eigenvalue weighted by Gasteiger charge is 1.88. The molecule has 0 fully saturated rings. The van der Waals surface area contributed by atoms with E-state index in [-0.39, 0.29) is 5.25 Å². The Hall–Kier alpha value is -0.0900. The van der Waals surface area contributed by atoms with E-state index in [0.717, 1.165) is 6.42 Å². The first-order valence-corrected chi connectivity index (χ1v) is 2.86. The summed E-state index contributed by atoms with van der Waals surface area (Å²) in [6, 6.07) is 0. The smallest absolute Gasteiger partial charge is 0.0758 e. The van der Waals surface area contributed by atoms with Gasteiger partial charge in [0.15, 0.2) is 0 Å². The average molecular weight is 113 g/mol. The molecule has 0 spiro atoms. The topological polar surface area (TPSA) is 0 Å². The summed E-state index contributed by atoms with van der Waals surface area (Å²) in [5.74, 6) is 5.62. The number of rotatable bonds is 1. The maximum absolute atomic E-state index is 4.86. The van der Waals surface area contributed by atoms with Crippen LogP contribution in [0.3, 0.4) is 0 Å². The Morgan fingerprint density at radius 1 is 1.71 bits per heavy atom. The summed E-state index contributed by atoms with van der Waals surface area (Å²) in [6.07, 6.45) is 0.982. The summed E-state index contributed by atoms with van der Waals surface area (Å²) in [5, 5.41) is 0.171. The van der Waals surface area contributed by atoms with E-state index in [0.29, 0.717) is 0 Å². The second-order valence-corrected chi connectivity index (χ2v) is 1.86. The fraction of sp³-hybridized carbons (Fsp3) is 0.667. The zero-order chi connectivity index (χ0) is 5.70. The maximum atomic E-state index is 4.86. The Morgan fingerprint density at radius 2 is 2.29 bits per heavy atom. The fourth-order valence-electron chi connectivity index (χ4n) is 0.263. The van der Waals surface area contributed by atoms with Gasteiger partial charge >= 0.3 is 0 Å². The molecule has 0 heterocycles. The van der Waals surface area contributed by atoms with E-state index in [9.17, 15) is 0 Å². The highest BCUT2D eigenvalue weighted by atomic mass is 32.1. The van der Waals surface area contributed by atoms with Crippen molar-refractivity contribution in [2.45, 2.75) is 25.5 Å². The number of hydrogen-bond donors (Lipinski definition) is 0. The molecular weight excluding hydrogens is 104 g/mol. The summed E-state index contributed by atoms with van der Waals surface area (Å²) in [5.41, 5.74) is 0. The molecule has 1 atom stereocenters. The van der Waals surface area contributed by atoms with Crippen molar-refractivity contribution < 1.29 is 0 Å². The normalized spacial score (nSPS) is 11.9. The SMILES string of the molecule is CC#CC([S])CC. The van der Waals surface area contributed by atoms with E-state index in [1.165, 1.54) is 0 Å². The van der Waals surface area contributed by atoms with Crippen molar-refractivity contribution in [1.29, 1.82) is 0 Å². The molecule has 0 aromatic heterocycles. The lowest BCUT2D eigenvalue weighted by Crippen LogP contribution is -1.87. The molecule has 0 aliphatic carbocycles. The van der Waals surface area contributed by atoms with Gasteiger partial charge in [0.2, 0.25) is 0 Å². The van der Waals surface area contributed by atoms with E-state index in [2.05, 4.69) is 11.8 Å². The van der Waals surface area contributed by atoms with Crippen molar-refractivity contribution >= 4 is 12.6 Å². The third-order valence-corrected chi connectivity index (χ3v) is 1.13. The van der Waals surface area contributed by atoms with E-state index in [1.54, 1.807) is 0 Å². The predicted molar refractivity (Wildman–Crippen MR) is 35.1 cm³/mol. The van der Waals surface area contributed by atoms with Crippen LogP contribution in [0.1, 0.15) is 20.3 Å². The van der Waals surface area contributed by atoms with Gasteiger partial charge in [-0.15, -0.1) is 5.92 Å². The minimum atomic E-state index is 0.171. The summed E-state index contributed by atoms with van der Waals surface area (Å²) in [6.45, 7) is 3.86. The van der Waals surface area contributed by atoms with Gasteiger partial charge in [-0.05, 0) is 13.3 Å². The molecule has 39 valence electrons. The Bertz CT molecular complexity index is 86.1. The summed E-state index contributed by atoms with van der Waals surface area (Å²) in [7, 11) is 0. The van der Waals surface area contributed by atoms with Gasteiger partial charge in [0, 0.05) is 0 Å². The quantitative estimate of drug-likeness (QED) is 0.456. The monoisotopic (exact) mass is 113 g/mol. The first-order valence-electron chi connectivity index (χ1n) is 2.39. The van der Waals surface area contributed by atoms with Crippen LogP contribution < -0.4 is 0 Å². The van der Waals surface area contributed by atoms with Crippen molar-refractivity contribution in [3.63, 3.8) is 0 Å². The molecule has 0 N–H and O–H groups in total. The third-order valence-electron chi connectivity index (χ3n) is 0.676. The Balaban J connectivity index is 3.29. The zero-order valence-corrected chi connectivity index (χ0v) is 5.51. The molecule has 1 unspecified atom stereocenters. The van der Waals surface area contributed by atoms with Gasteiger partial charge in [-0.3, -0.25) is 0 Å². The van der Waals surface area contributed by atoms with E-state index >= 15 is 0 Å². The van der Waals surface area contributed by atoms with Gasteiger partial charge in [0.05, 0.1) is 5.25 Å². The molecular formula is C6H9S. The van der Waals surface area contributed by atoms with Gasteiger partial charge in [0.25, 0.3) is 0 Å². The van der Waals surface area contributed by atoms with Gasteiger partial charge in [0.1, 0.15) is 0 Å². The molecule has 1 heteroatoms. The summed E-state index contributed by atoms with van der Waals surface area (Å²) < 4.78 is 0. The van der Waals surface area contributed by atoms with Crippen LogP contribution in [0.2, 0.25) is 0 Å². The van der Waals surface area contributed by atoms with Crippen LogP contribution in [0.5, 0.6) is 0 Å². The first kappa shape index (κ1) is 6.91. The second-order valence-electron chi connectivity index (χ2n) is 1.29. The molecule has 0 saturated heterocycles. The van der Waals surface area contributed by atoms with Crippen LogP contribution in [-0.2, 0) is 0 Å². The Labute approximate surface area is 50.7 Å². The molecule has 0 aromatic carbocycles. The van der Waals surface area contributed by atoms with E-state index in [1.807, 2.05) is 13.8 Å². The van der Waals surface area contributed by atoms with Crippen LogP contribution in [-0.4, -0.2) is 5.25 Å². The van der Waals surface area contributed by atoms with Crippen molar-refractivity contribution in [2.75, 3.05) is 0 Å². The zero-order valence-electron chi connectivity index (χ0n) is 4.69. The van der Waals surface area contributed by atoms with Crippen LogP contribution in [0.4, 0.5) is 0 Å². The summed E-state index contributed by atoms with van der Waals surface area (Å²) in [4.78, 5) is 0. The minimum Gasteiger partial charge on any atom is -0.106 e. The van der Waals surface area contributed by atoms with E-state index in [4.69, 9.17) is 12.6 Å². The Kier molecular flexibility index (Phi) is 4.03. The highest BCUT2D eigenvalue weighted by molar-refractivity contribution is 7.81. The second kappa shape index (κ2) is 4.08. The molecule has 0 amide bonds. The minimum absolute atomic E-state index is 0.171. The largest absolute Gasteiger partial charge is 0.106 e. The third kappa shape index (κ3) is 3.75. The predicted octanol–water partition coefficient (Wildman–Crippen LogP) is 1.99. The van der Waals surface area contributed by atoms with Gasteiger partial charge in [-0.1, -0.05) is 25.5 Å². The Morgan fingerprint density at radius 3 is 2.43 bits per heavy atom. The van der Waals surface area contributed by atoms with Crippen LogP contribution >= 0.6 is 12.6 Å². The molecule has 0 rings (SSSR count). The van der Waals surface area contributed by atoms with Gasteiger partial charge in [-0.25, -0.2) is 0 Å². The molecule has 1 radical (unpaired) electrons.